The maximum atomic E-state index is 3.73. The summed E-state index contributed by atoms with van der Waals surface area (Å²) >= 11 is 0. The van der Waals surface area contributed by atoms with E-state index >= 15 is 0 Å². The largest absolute Gasteiger partial charge is 0.412 e. The molecular formula is C19H29Cl2N3O. The first-order valence-electron chi connectivity index (χ1n) is 9.01. The molecule has 0 amide bonds. The minimum absolute atomic E-state index is 0. The Morgan fingerprint density at radius 3 is 2.60 bits per heavy atom. The lowest BCUT2D eigenvalue weighted by Crippen LogP contribution is -2.35. The van der Waals surface area contributed by atoms with E-state index in [0.717, 1.165) is 19.0 Å². The second-order valence-electron chi connectivity index (χ2n) is 7.22. The highest BCUT2D eigenvalue weighted by molar-refractivity contribution is 5.87. The molecule has 1 fully saturated rings. The molecule has 4 N–H and O–H groups in total. The van der Waals surface area contributed by atoms with Crippen LogP contribution in [0.15, 0.2) is 18.2 Å². The fourth-order valence-electron chi connectivity index (χ4n) is 4.94. The minimum Gasteiger partial charge on any atom is -0.412 e. The molecule has 1 saturated heterocycles. The number of aromatic nitrogens is 1. The SMILES string of the molecule is Cl.Cl.O.c1cc2c(cc1C1CCNCC1)c1c3n2CCNC3CCC1. The average Bonchev–Trinajstić information content (AvgIpc) is 2.92. The first kappa shape index (κ1) is 20.5. The summed E-state index contributed by atoms with van der Waals surface area (Å²) in [7, 11) is 0. The summed E-state index contributed by atoms with van der Waals surface area (Å²) in [5, 5.41) is 8.77. The molecule has 0 bridgehead atoms. The van der Waals surface area contributed by atoms with Gasteiger partial charge in [0.05, 0.1) is 0 Å². The zero-order valence-corrected chi connectivity index (χ0v) is 16.1. The Kier molecular flexibility index (Phi) is 6.80. The molecule has 4 nitrogen and oxygen atoms in total. The van der Waals surface area contributed by atoms with Crippen molar-refractivity contribution in [3.8, 4) is 0 Å². The number of piperidine rings is 1. The quantitative estimate of drug-likeness (QED) is 0.791. The van der Waals surface area contributed by atoms with Crippen LogP contribution >= 0.6 is 24.8 Å². The summed E-state index contributed by atoms with van der Waals surface area (Å²) in [6.07, 6.45) is 6.50. The Bertz CT molecular complexity index is 723. The van der Waals surface area contributed by atoms with E-state index in [2.05, 4.69) is 33.4 Å². The highest BCUT2D eigenvalue weighted by Gasteiger charge is 2.30. The zero-order valence-electron chi connectivity index (χ0n) is 14.5. The van der Waals surface area contributed by atoms with Crippen molar-refractivity contribution in [3.63, 3.8) is 0 Å². The van der Waals surface area contributed by atoms with Gasteiger partial charge in [-0.3, -0.25) is 0 Å². The molecule has 3 heterocycles. The van der Waals surface area contributed by atoms with Gasteiger partial charge in [0.15, 0.2) is 0 Å². The molecule has 6 heteroatoms. The van der Waals surface area contributed by atoms with Crippen molar-refractivity contribution < 1.29 is 5.48 Å². The van der Waals surface area contributed by atoms with Crippen molar-refractivity contribution in [1.29, 1.82) is 0 Å². The van der Waals surface area contributed by atoms with E-state index in [0.29, 0.717) is 6.04 Å². The second-order valence-corrected chi connectivity index (χ2v) is 7.22. The van der Waals surface area contributed by atoms with E-state index in [4.69, 9.17) is 0 Å². The number of nitrogens with one attached hydrogen (secondary N) is 2. The van der Waals surface area contributed by atoms with Crippen LogP contribution in [-0.2, 0) is 13.0 Å². The predicted molar refractivity (Wildman–Crippen MR) is 109 cm³/mol. The van der Waals surface area contributed by atoms with Crippen LogP contribution in [0.5, 0.6) is 0 Å². The zero-order chi connectivity index (χ0) is 14.5. The monoisotopic (exact) mass is 385 g/mol. The Balaban J connectivity index is 0.000000751. The molecule has 1 aromatic heterocycles. The first-order valence-corrected chi connectivity index (χ1v) is 9.01. The number of nitrogens with zero attached hydrogens (tertiary/aromatic N) is 1. The Labute approximate surface area is 161 Å². The number of benzene rings is 1. The number of halogens is 2. The van der Waals surface area contributed by atoms with Gasteiger partial charge in [-0.1, -0.05) is 6.07 Å². The van der Waals surface area contributed by atoms with Crippen LogP contribution in [0.2, 0.25) is 0 Å². The van der Waals surface area contributed by atoms with E-state index in [9.17, 15) is 0 Å². The topological polar surface area (TPSA) is 60.5 Å². The number of aryl methyl sites for hydroxylation is 1. The normalized spacial score (nSPS) is 22.3. The van der Waals surface area contributed by atoms with Crippen LogP contribution in [0.25, 0.3) is 10.9 Å². The van der Waals surface area contributed by atoms with E-state index < -0.39 is 0 Å². The first-order chi connectivity index (χ1) is 10.9. The van der Waals surface area contributed by atoms with E-state index in [1.54, 1.807) is 22.2 Å². The molecule has 2 aliphatic heterocycles. The second kappa shape index (κ2) is 8.28. The highest BCUT2D eigenvalue weighted by atomic mass is 35.5. The Morgan fingerprint density at radius 1 is 1.00 bits per heavy atom. The maximum absolute atomic E-state index is 3.73. The lowest BCUT2D eigenvalue weighted by molar-refractivity contribution is 0.384. The standard InChI is InChI=1S/C19H25N3.2ClH.H2O/c1-2-15-16-12-14(13-6-8-20-9-7-13)4-5-18(16)22-11-10-21-17(3-1)19(15)22;;;/h4-5,12-13,17,20-21H,1-3,6-11H2;2*1H;1H2. The van der Waals surface area contributed by atoms with Gasteiger partial charge in [0, 0.05) is 35.7 Å². The maximum Gasteiger partial charge on any atom is 0.0486 e. The van der Waals surface area contributed by atoms with Crippen LogP contribution in [0.1, 0.15) is 54.5 Å². The van der Waals surface area contributed by atoms with E-state index in [1.807, 2.05) is 0 Å². The Morgan fingerprint density at radius 2 is 1.80 bits per heavy atom. The molecule has 25 heavy (non-hydrogen) atoms. The summed E-state index contributed by atoms with van der Waals surface area (Å²) < 4.78 is 2.61. The number of rotatable bonds is 1. The van der Waals surface area contributed by atoms with Gasteiger partial charge in [0.1, 0.15) is 0 Å². The van der Waals surface area contributed by atoms with Gasteiger partial charge in [0.25, 0.3) is 0 Å². The smallest absolute Gasteiger partial charge is 0.0486 e. The molecule has 140 valence electrons. The van der Waals surface area contributed by atoms with Gasteiger partial charge in [-0.05, 0) is 74.4 Å². The van der Waals surface area contributed by atoms with Crippen molar-refractivity contribution in [2.24, 2.45) is 0 Å². The van der Waals surface area contributed by atoms with Crippen molar-refractivity contribution >= 4 is 35.7 Å². The van der Waals surface area contributed by atoms with Crippen LogP contribution < -0.4 is 10.6 Å². The summed E-state index contributed by atoms with van der Waals surface area (Å²) in [5.41, 5.74) is 6.31. The van der Waals surface area contributed by atoms with Gasteiger partial charge < -0.3 is 20.7 Å². The fourth-order valence-corrected chi connectivity index (χ4v) is 4.94. The number of hydrogen-bond acceptors (Lipinski definition) is 2. The van der Waals surface area contributed by atoms with Crippen molar-refractivity contribution in [1.82, 2.24) is 15.2 Å². The molecule has 0 saturated carbocycles. The lowest BCUT2D eigenvalue weighted by Gasteiger charge is -2.31. The van der Waals surface area contributed by atoms with Crippen LogP contribution in [-0.4, -0.2) is 29.7 Å². The van der Waals surface area contributed by atoms with Gasteiger partial charge in [-0.15, -0.1) is 24.8 Å². The van der Waals surface area contributed by atoms with Gasteiger partial charge in [-0.2, -0.15) is 0 Å². The van der Waals surface area contributed by atoms with Crippen molar-refractivity contribution in [3.05, 3.63) is 35.0 Å². The minimum atomic E-state index is 0. The predicted octanol–water partition coefficient (Wildman–Crippen LogP) is 3.11. The molecule has 1 aromatic carbocycles. The van der Waals surface area contributed by atoms with Gasteiger partial charge >= 0.3 is 0 Å². The van der Waals surface area contributed by atoms with Crippen LogP contribution in [0, 0.1) is 0 Å². The summed E-state index contributed by atoms with van der Waals surface area (Å²) in [4.78, 5) is 0. The van der Waals surface area contributed by atoms with Crippen molar-refractivity contribution in [2.75, 3.05) is 19.6 Å². The third-order valence-corrected chi connectivity index (χ3v) is 6.02. The molecular weight excluding hydrogens is 357 g/mol. The molecule has 1 aliphatic carbocycles. The number of fused-ring (bicyclic) bond motifs is 3. The number of hydrogen-bond donors (Lipinski definition) is 2. The average molecular weight is 386 g/mol. The van der Waals surface area contributed by atoms with Crippen LogP contribution in [0.3, 0.4) is 0 Å². The summed E-state index contributed by atoms with van der Waals surface area (Å²) in [5.74, 6) is 0.757. The molecule has 5 rings (SSSR count). The fraction of sp³-hybridized carbons (Fsp3) is 0.579. The van der Waals surface area contributed by atoms with E-state index in [1.165, 1.54) is 50.7 Å². The molecule has 1 atom stereocenters. The van der Waals surface area contributed by atoms with Crippen molar-refractivity contribution in [2.45, 2.75) is 50.6 Å². The van der Waals surface area contributed by atoms with Gasteiger partial charge in [-0.25, -0.2) is 0 Å². The molecule has 2 aromatic rings. The van der Waals surface area contributed by atoms with Gasteiger partial charge in [0.2, 0.25) is 0 Å². The van der Waals surface area contributed by atoms with E-state index in [-0.39, 0.29) is 30.3 Å². The third kappa shape index (κ3) is 3.31. The molecule has 0 spiro atoms. The molecule has 1 unspecified atom stereocenters. The highest BCUT2D eigenvalue weighted by Crippen LogP contribution is 2.40. The summed E-state index contributed by atoms with van der Waals surface area (Å²) in [6, 6.07) is 7.96. The summed E-state index contributed by atoms with van der Waals surface area (Å²) in [6.45, 7) is 4.60. The van der Waals surface area contributed by atoms with Crippen LogP contribution in [0.4, 0.5) is 0 Å². The third-order valence-electron chi connectivity index (χ3n) is 6.02. The lowest BCUT2D eigenvalue weighted by atomic mass is 9.87. The molecule has 3 aliphatic rings. The Hall–Kier alpha value is -0.780. The molecule has 0 radical (unpaired) electrons.